The molecule has 0 aliphatic heterocycles. The molecule has 0 heterocycles. The highest BCUT2D eigenvalue weighted by Crippen LogP contribution is 2.16. The van der Waals surface area contributed by atoms with Crippen molar-refractivity contribution < 1.29 is 28.6 Å². The zero-order valence-electron chi connectivity index (χ0n) is 47.9. The number of carbonyl (C=O) groups is 3. The number of hydrogen-bond acceptors (Lipinski definition) is 6. The lowest BCUT2D eigenvalue weighted by Crippen LogP contribution is -2.30. The van der Waals surface area contributed by atoms with Crippen molar-refractivity contribution in [3.8, 4) is 0 Å². The van der Waals surface area contributed by atoms with Gasteiger partial charge in [-0.25, -0.2) is 0 Å². The van der Waals surface area contributed by atoms with Crippen molar-refractivity contribution in [2.45, 2.75) is 297 Å². The van der Waals surface area contributed by atoms with Crippen LogP contribution < -0.4 is 0 Å². The van der Waals surface area contributed by atoms with Gasteiger partial charge in [-0.05, 0) is 103 Å². The van der Waals surface area contributed by atoms with Gasteiger partial charge in [0.2, 0.25) is 0 Å². The fourth-order valence-corrected chi connectivity index (χ4v) is 8.48. The van der Waals surface area contributed by atoms with Crippen molar-refractivity contribution in [1.82, 2.24) is 0 Å². The van der Waals surface area contributed by atoms with Gasteiger partial charge in [-0.15, -0.1) is 0 Å². The van der Waals surface area contributed by atoms with Gasteiger partial charge in [0.15, 0.2) is 6.10 Å². The van der Waals surface area contributed by atoms with Crippen molar-refractivity contribution in [2.24, 2.45) is 0 Å². The van der Waals surface area contributed by atoms with Crippen LogP contribution in [0.1, 0.15) is 290 Å². The Morgan fingerprint density at radius 1 is 0.288 bits per heavy atom. The molecule has 0 N–H and O–H groups in total. The zero-order chi connectivity index (χ0) is 52.9. The molecule has 1 atom stereocenters. The molecule has 0 bridgehead atoms. The first-order valence-electron chi connectivity index (χ1n) is 30.7. The number of rotatable bonds is 55. The molecule has 418 valence electrons. The molecule has 0 rings (SSSR count). The summed E-state index contributed by atoms with van der Waals surface area (Å²) in [7, 11) is 0. The summed E-state index contributed by atoms with van der Waals surface area (Å²) >= 11 is 0. The van der Waals surface area contributed by atoms with Crippen LogP contribution >= 0.6 is 0 Å². The van der Waals surface area contributed by atoms with Gasteiger partial charge in [0.05, 0.1) is 0 Å². The Morgan fingerprint density at radius 2 is 0.534 bits per heavy atom. The van der Waals surface area contributed by atoms with Gasteiger partial charge < -0.3 is 14.2 Å². The lowest BCUT2D eigenvalue weighted by atomic mass is 10.0. The van der Waals surface area contributed by atoms with E-state index in [2.05, 4.69) is 118 Å². The molecule has 0 fully saturated rings. The monoisotopic (exact) mass is 1010 g/mol. The van der Waals surface area contributed by atoms with Gasteiger partial charge in [0.25, 0.3) is 0 Å². The summed E-state index contributed by atoms with van der Waals surface area (Å²) in [6.45, 7) is 6.50. The Morgan fingerprint density at radius 3 is 0.863 bits per heavy atom. The number of unbranched alkanes of at least 4 members (excludes halogenated alkanes) is 28. The van der Waals surface area contributed by atoms with E-state index in [0.29, 0.717) is 19.3 Å². The molecule has 0 aliphatic carbocycles. The molecule has 0 aromatic heterocycles. The maximum atomic E-state index is 12.9. The van der Waals surface area contributed by atoms with Gasteiger partial charge in [-0.2, -0.15) is 0 Å². The maximum absolute atomic E-state index is 12.9. The zero-order valence-corrected chi connectivity index (χ0v) is 47.9. The largest absolute Gasteiger partial charge is 0.462 e. The van der Waals surface area contributed by atoms with Crippen LogP contribution in [0.25, 0.3) is 0 Å². The van der Waals surface area contributed by atoms with Gasteiger partial charge in [-0.3, -0.25) is 14.4 Å². The molecule has 0 radical (unpaired) electrons. The van der Waals surface area contributed by atoms with Crippen LogP contribution in [0.5, 0.6) is 0 Å². The Bertz CT molecular complexity index is 1440. The summed E-state index contributed by atoms with van der Waals surface area (Å²) in [5, 5.41) is 0. The van der Waals surface area contributed by atoms with Crippen LogP contribution in [0.2, 0.25) is 0 Å². The predicted molar refractivity (Wildman–Crippen MR) is 316 cm³/mol. The van der Waals surface area contributed by atoms with E-state index in [4.69, 9.17) is 14.2 Å². The van der Waals surface area contributed by atoms with Crippen molar-refractivity contribution >= 4 is 17.9 Å². The summed E-state index contributed by atoms with van der Waals surface area (Å²) in [5.74, 6) is -0.912. The first-order valence-corrected chi connectivity index (χ1v) is 30.7. The summed E-state index contributed by atoms with van der Waals surface area (Å²) in [5.41, 5.74) is 0. The van der Waals surface area contributed by atoms with Gasteiger partial charge in [0, 0.05) is 19.3 Å². The minimum Gasteiger partial charge on any atom is -0.462 e. The highest BCUT2D eigenvalue weighted by atomic mass is 16.6. The van der Waals surface area contributed by atoms with Crippen molar-refractivity contribution in [1.29, 1.82) is 0 Å². The van der Waals surface area contributed by atoms with Gasteiger partial charge >= 0.3 is 17.9 Å². The smallest absolute Gasteiger partial charge is 0.306 e. The first kappa shape index (κ1) is 69.3. The topological polar surface area (TPSA) is 78.9 Å². The van der Waals surface area contributed by atoms with E-state index in [9.17, 15) is 14.4 Å². The summed E-state index contributed by atoms with van der Waals surface area (Å²) < 4.78 is 16.9. The molecule has 0 saturated heterocycles. The molecule has 0 saturated carbocycles. The fourth-order valence-electron chi connectivity index (χ4n) is 8.48. The van der Waals surface area contributed by atoms with Crippen molar-refractivity contribution in [3.63, 3.8) is 0 Å². The number of carbonyl (C=O) groups excluding carboxylic acids is 3. The van der Waals surface area contributed by atoms with Crippen LogP contribution in [-0.4, -0.2) is 37.2 Å². The van der Waals surface area contributed by atoms with E-state index in [0.717, 1.165) is 122 Å². The molecule has 0 spiro atoms. The van der Waals surface area contributed by atoms with Crippen molar-refractivity contribution in [3.05, 3.63) is 97.2 Å². The predicted octanol–water partition coefficient (Wildman–Crippen LogP) is 20.9. The maximum Gasteiger partial charge on any atom is 0.306 e. The Kier molecular flexibility index (Phi) is 57.8. The third-order valence-corrected chi connectivity index (χ3v) is 13.1. The molecule has 6 heteroatoms. The molecular weight excluding hydrogens is 901 g/mol. The van der Waals surface area contributed by atoms with E-state index < -0.39 is 6.10 Å². The molecule has 0 aromatic rings. The quantitative estimate of drug-likeness (QED) is 0.0261. The lowest BCUT2D eigenvalue weighted by Gasteiger charge is -2.18. The number of esters is 3. The van der Waals surface area contributed by atoms with Crippen LogP contribution in [-0.2, 0) is 28.6 Å². The van der Waals surface area contributed by atoms with E-state index in [1.807, 2.05) is 0 Å². The SMILES string of the molecule is CC/C=C\C/C=C\C/C=C\C/C=C\C/C=C\C/C=C\CCCCCCC(=O)OCC(COC(=O)CCCCCCCCCCCCCCCCC)OC(=O)CCCCCCCCC/C=C\C/C=C\CCCCC. The van der Waals surface area contributed by atoms with Crippen molar-refractivity contribution in [2.75, 3.05) is 13.2 Å². The van der Waals surface area contributed by atoms with Crippen LogP contribution in [0.3, 0.4) is 0 Å². The molecule has 0 aliphatic rings. The highest BCUT2D eigenvalue weighted by Gasteiger charge is 2.19. The number of hydrogen-bond donors (Lipinski definition) is 0. The minimum atomic E-state index is -0.793. The lowest BCUT2D eigenvalue weighted by molar-refractivity contribution is -0.167. The minimum absolute atomic E-state index is 0.0872. The standard InChI is InChI=1S/C67H114O6/c1-4-7-10-13-16-19-22-25-28-30-31-32-33-34-35-37-39-42-45-48-51-54-57-60-66(69)72-63-64(62-71-65(68)59-56-53-50-47-44-41-38-27-24-21-18-15-12-9-6-3)73-67(70)61-58-55-52-49-46-43-40-36-29-26-23-20-17-14-11-8-5-2/h7,10,16-17,19-20,25-26,28-29,31-32,34-35,39,42,64H,4-6,8-9,11-15,18,21-24,27,30,33,36-38,40-41,43-63H2,1-3H3/b10-7-,19-16-,20-17-,28-25-,29-26-,32-31-,35-34-,42-39-. The molecule has 1 unspecified atom stereocenters. The average molecular weight is 1020 g/mol. The first-order chi connectivity index (χ1) is 36.0. The number of allylic oxidation sites excluding steroid dienone is 16. The second-order valence-corrected chi connectivity index (χ2v) is 20.2. The second-order valence-electron chi connectivity index (χ2n) is 20.2. The molecular formula is C67H114O6. The molecule has 73 heavy (non-hydrogen) atoms. The van der Waals surface area contributed by atoms with Gasteiger partial charge in [-0.1, -0.05) is 266 Å². The Balaban J connectivity index is 4.43. The van der Waals surface area contributed by atoms with Gasteiger partial charge in [0.1, 0.15) is 13.2 Å². The average Bonchev–Trinajstić information content (AvgIpc) is 3.39. The summed E-state index contributed by atoms with van der Waals surface area (Å²) in [6, 6.07) is 0. The van der Waals surface area contributed by atoms with E-state index in [1.54, 1.807) is 0 Å². The Hall–Kier alpha value is -3.67. The third kappa shape index (κ3) is 59.1. The number of ether oxygens (including phenoxy) is 3. The van der Waals surface area contributed by atoms with E-state index in [-0.39, 0.29) is 31.1 Å². The van der Waals surface area contributed by atoms with Crippen LogP contribution in [0.4, 0.5) is 0 Å². The Labute approximate surface area is 451 Å². The third-order valence-electron chi connectivity index (χ3n) is 13.1. The van der Waals surface area contributed by atoms with Crippen LogP contribution in [0.15, 0.2) is 97.2 Å². The molecule has 6 nitrogen and oxygen atoms in total. The van der Waals surface area contributed by atoms with E-state index in [1.165, 1.54) is 128 Å². The van der Waals surface area contributed by atoms with Crippen LogP contribution in [0, 0.1) is 0 Å². The molecule has 0 amide bonds. The summed E-state index contributed by atoms with van der Waals surface area (Å²) in [4.78, 5) is 38.3. The fraction of sp³-hybridized carbons (Fsp3) is 0.716. The molecule has 0 aromatic carbocycles. The van der Waals surface area contributed by atoms with E-state index >= 15 is 0 Å². The summed E-state index contributed by atoms with van der Waals surface area (Å²) in [6.07, 6.45) is 81.1. The second kappa shape index (κ2) is 60.9. The normalized spacial score (nSPS) is 12.8. The highest BCUT2D eigenvalue weighted by molar-refractivity contribution is 5.71.